The van der Waals surface area contributed by atoms with Crippen LogP contribution in [0.3, 0.4) is 0 Å². The van der Waals surface area contributed by atoms with Gasteiger partial charge in [0.05, 0.1) is 22.5 Å². The lowest BCUT2D eigenvalue weighted by molar-refractivity contribution is -0.384. The molecule has 0 bridgehead atoms. The van der Waals surface area contributed by atoms with Crippen LogP contribution in [-0.2, 0) is 9.84 Å². The molecule has 0 saturated carbocycles. The third-order valence-corrected chi connectivity index (χ3v) is 5.74. The van der Waals surface area contributed by atoms with Crippen LogP contribution < -0.4 is 10.1 Å². The van der Waals surface area contributed by atoms with Crippen LogP contribution in [0.15, 0.2) is 18.2 Å². The molecule has 1 unspecified atom stereocenters. The average Bonchev–Trinajstić information content (AvgIpc) is 2.75. The zero-order valence-electron chi connectivity index (χ0n) is 11.7. The van der Waals surface area contributed by atoms with Crippen LogP contribution in [-0.4, -0.2) is 37.5 Å². The summed E-state index contributed by atoms with van der Waals surface area (Å²) >= 11 is 0. The smallest absolute Gasteiger partial charge is 0.333 e. The van der Waals surface area contributed by atoms with Crippen molar-refractivity contribution in [3.8, 4) is 5.75 Å². The lowest BCUT2D eigenvalue weighted by atomic mass is 10.2. The van der Waals surface area contributed by atoms with E-state index in [0.29, 0.717) is 19.4 Å². The number of anilines is 1. The number of nitro groups is 1. The Kier molecular flexibility index (Phi) is 4.66. The maximum absolute atomic E-state index is 11.8. The van der Waals surface area contributed by atoms with E-state index in [2.05, 4.69) is 5.32 Å². The van der Waals surface area contributed by atoms with E-state index >= 15 is 0 Å². The summed E-state index contributed by atoms with van der Waals surface area (Å²) in [5, 5.41) is 13.6. The second-order valence-corrected chi connectivity index (χ2v) is 7.26. The van der Waals surface area contributed by atoms with Crippen molar-refractivity contribution >= 4 is 21.2 Å². The van der Waals surface area contributed by atoms with Crippen LogP contribution in [0.4, 0.5) is 11.4 Å². The van der Waals surface area contributed by atoms with Crippen molar-refractivity contribution < 1.29 is 18.1 Å². The summed E-state index contributed by atoms with van der Waals surface area (Å²) in [6.45, 7) is 2.25. The number of nitrogens with zero attached hydrogens (tertiary/aromatic N) is 1. The van der Waals surface area contributed by atoms with Crippen molar-refractivity contribution in [2.24, 2.45) is 0 Å². The Morgan fingerprint density at radius 1 is 1.48 bits per heavy atom. The zero-order chi connectivity index (χ0) is 15.5. The molecule has 8 heteroatoms. The summed E-state index contributed by atoms with van der Waals surface area (Å²) in [7, 11) is -3.07. The van der Waals surface area contributed by atoms with E-state index in [9.17, 15) is 18.5 Å². The number of para-hydroxylation sites is 1. The first-order valence-electron chi connectivity index (χ1n) is 6.81. The molecule has 1 atom stereocenters. The monoisotopic (exact) mass is 314 g/mol. The van der Waals surface area contributed by atoms with Crippen molar-refractivity contribution in [1.29, 1.82) is 0 Å². The molecule has 7 nitrogen and oxygen atoms in total. The van der Waals surface area contributed by atoms with Crippen LogP contribution >= 0.6 is 0 Å². The van der Waals surface area contributed by atoms with Gasteiger partial charge in [0.15, 0.2) is 15.6 Å². The maximum atomic E-state index is 11.8. The van der Waals surface area contributed by atoms with Crippen LogP contribution in [0.1, 0.15) is 19.8 Å². The van der Waals surface area contributed by atoms with Gasteiger partial charge >= 0.3 is 5.69 Å². The van der Waals surface area contributed by atoms with E-state index in [4.69, 9.17) is 4.74 Å². The summed E-state index contributed by atoms with van der Waals surface area (Å²) in [5.41, 5.74) is 0.128. The van der Waals surface area contributed by atoms with Gasteiger partial charge in [-0.1, -0.05) is 6.07 Å². The fourth-order valence-corrected chi connectivity index (χ4v) is 4.20. The van der Waals surface area contributed by atoms with Crippen molar-refractivity contribution in [3.05, 3.63) is 28.3 Å². The van der Waals surface area contributed by atoms with E-state index in [1.54, 1.807) is 19.1 Å². The Bertz CT molecular complexity index is 629. The van der Waals surface area contributed by atoms with Gasteiger partial charge in [0, 0.05) is 6.54 Å². The molecule has 0 radical (unpaired) electrons. The van der Waals surface area contributed by atoms with E-state index in [0.717, 1.165) is 0 Å². The normalized spacial score (nSPS) is 20.1. The molecule has 2 rings (SSSR count). The van der Waals surface area contributed by atoms with Gasteiger partial charge in [-0.05, 0) is 31.9 Å². The van der Waals surface area contributed by atoms with Gasteiger partial charge < -0.3 is 10.1 Å². The highest BCUT2D eigenvalue weighted by Gasteiger charge is 2.31. The Labute approximate surface area is 123 Å². The van der Waals surface area contributed by atoms with Crippen LogP contribution in [0.25, 0.3) is 0 Å². The Balaban J connectivity index is 2.20. The molecule has 1 saturated heterocycles. The van der Waals surface area contributed by atoms with Gasteiger partial charge in [0.1, 0.15) is 5.69 Å². The van der Waals surface area contributed by atoms with E-state index in [-0.39, 0.29) is 29.4 Å². The fraction of sp³-hybridized carbons (Fsp3) is 0.538. The van der Waals surface area contributed by atoms with Crippen molar-refractivity contribution in [2.75, 3.05) is 24.2 Å². The Morgan fingerprint density at radius 2 is 2.24 bits per heavy atom. The summed E-state index contributed by atoms with van der Waals surface area (Å²) in [5.74, 6) is 0.377. The lowest BCUT2D eigenvalue weighted by Gasteiger charge is -2.13. The standard InChI is InChI=1S/C13H18N2O5S/c1-2-20-12-7-3-6-11(13(12)15(16)17)14-9-10-5-4-8-21(10,18)19/h3,6-7,10,14H,2,4-5,8-9H2,1H3. The SMILES string of the molecule is CCOc1cccc(NCC2CCCS2(=O)=O)c1[N+](=O)[O-]. The number of sulfone groups is 1. The summed E-state index contributed by atoms with van der Waals surface area (Å²) in [6, 6.07) is 4.73. The minimum Gasteiger partial charge on any atom is -0.487 e. The summed E-state index contributed by atoms with van der Waals surface area (Å²) in [6.07, 6.45) is 1.24. The number of ether oxygens (including phenoxy) is 1. The predicted molar refractivity (Wildman–Crippen MR) is 79.6 cm³/mol. The van der Waals surface area contributed by atoms with Crippen molar-refractivity contribution in [3.63, 3.8) is 0 Å². The molecule has 1 N–H and O–H groups in total. The van der Waals surface area contributed by atoms with E-state index < -0.39 is 20.0 Å². The summed E-state index contributed by atoms with van der Waals surface area (Å²) in [4.78, 5) is 10.7. The topological polar surface area (TPSA) is 98.5 Å². The zero-order valence-corrected chi connectivity index (χ0v) is 12.6. The number of rotatable bonds is 6. The number of benzene rings is 1. The minimum absolute atomic E-state index is 0.158. The third kappa shape index (κ3) is 3.44. The molecular weight excluding hydrogens is 296 g/mol. The molecule has 1 fully saturated rings. The van der Waals surface area contributed by atoms with Gasteiger partial charge in [0.25, 0.3) is 0 Å². The maximum Gasteiger partial charge on any atom is 0.333 e. The molecule has 0 spiro atoms. The lowest BCUT2D eigenvalue weighted by Crippen LogP contribution is -2.25. The van der Waals surface area contributed by atoms with E-state index in [1.807, 2.05) is 0 Å². The van der Waals surface area contributed by atoms with Crippen molar-refractivity contribution in [1.82, 2.24) is 0 Å². The fourth-order valence-electron chi connectivity index (χ4n) is 2.44. The van der Waals surface area contributed by atoms with Gasteiger partial charge in [-0.2, -0.15) is 0 Å². The van der Waals surface area contributed by atoms with Gasteiger partial charge in [0.2, 0.25) is 0 Å². The number of hydrogen-bond acceptors (Lipinski definition) is 6. The number of hydrogen-bond donors (Lipinski definition) is 1. The highest BCUT2D eigenvalue weighted by atomic mass is 32.2. The van der Waals surface area contributed by atoms with Crippen molar-refractivity contribution in [2.45, 2.75) is 25.0 Å². The molecule has 0 aromatic heterocycles. The molecule has 1 aromatic carbocycles. The number of nitro benzene ring substituents is 1. The van der Waals surface area contributed by atoms with Gasteiger partial charge in [-0.3, -0.25) is 10.1 Å². The molecule has 116 valence electrons. The van der Waals surface area contributed by atoms with Crippen LogP contribution in [0.2, 0.25) is 0 Å². The largest absolute Gasteiger partial charge is 0.487 e. The predicted octanol–water partition coefficient (Wildman–Crippen LogP) is 1.98. The second kappa shape index (κ2) is 6.30. The quantitative estimate of drug-likeness (QED) is 0.637. The van der Waals surface area contributed by atoms with E-state index in [1.165, 1.54) is 6.07 Å². The first-order valence-corrected chi connectivity index (χ1v) is 8.53. The van der Waals surface area contributed by atoms with Gasteiger partial charge in [-0.15, -0.1) is 0 Å². The summed E-state index contributed by atoms with van der Waals surface area (Å²) < 4.78 is 28.8. The second-order valence-electron chi connectivity index (χ2n) is 4.85. The highest BCUT2D eigenvalue weighted by molar-refractivity contribution is 7.92. The molecular formula is C13H18N2O5S. The molecule has 21 heavy (non-hydrogen) atoms. The first-order chi connectivity index (χ1) is 9.95. The van der Waals surface area contributed by atoms with Gasteiger partial charge in [-0.25, -0.2) is 8.42 Å². The highest BCUT2D eigenvalue weighted by Crippen LogP contribution is 2.35. The molecule has 1 aliphatic heterocycles. The molecule has 0 aliphatic carbocycles. The average molecular weight is 314 g/mol. The molecule has 0 amide bonds. The van der Waals surface area contributed by atoms with Crippen LogP contribution in [0.5, 0.6) is 5.75 Å². The molecule has 1 aromatic rings. The third-order valence-electron chi connectivity index (χ3n) is 3.46. The van der Waals surface area contributed by atoms with Crippen LogP contribution in [0, 0.1) is 10.1 Å². The Morgan fingerprint density at radius 3 is 2.81 bits per heavy atom. The molecule has 1 heterocycles. The first kappa shape index (κ1) is 15.6. The minimum atomic E-state index is -3.07. The number of nitrogens with one attached hydrogen (secondary N) is 1. The Hall–Kier alpha value is -1.83. The molecule has 1 aliphatic rings.